The molecule has 4 nitrogen and oxygen atoms in total. The molecule has 4 heteroatoms. The Kier molecular flexibility index (Phi) is 2.97. The lowest BCUT2D eigenvalue weighted by Gasteiger charge is -1.91. The van der Waals surface area contributed by atoms with Gasteiger partial charge in [-0.1, -0.05) is 0 Å². The van der Waals surface area contributed by atoms with Crippen LogP contribution in [0.1, 0.15) is 0 Å². The molecule has 0 aliphatic carbocycles. The predicted molar refractivity (Wildman–Crippen MR) is 33.2 cm³/mol. The number of hydrogen-bond donors (Lipinski definition) is 3. The van der Waals surface area contributed by atoms with Crippen LogP contribution in [-0.2, 0) is 4.79 Å². The Labute approximate surface area is 52.7 Å². The highest BCUT2D eigenvalue weighted by molar-refractivity contribution is 5.85. The molecule has 0 unspecified atom stereocenters. The first-order chi connectivity index (χ1) is 4.13. The first-order valence-corrected chi connectivity index (χ1v) is 2.23. The minimum atomic E-state index is -0.580. The first kappa shape index (κ1) is 7.55. The molecule has 0 atom stereocenters. The maximum atomic E-state index is 9.96. The second-order valence-electron chi connectivity index (χ2n) is 1.33. The molecule has 0 spiro atoms. The van der Waals surface area contributed by atoms with Gasteiger partial charge in [0, 0.05) is 12.3 Å². The average molecular weight is 128 g/mol. The molecule has 4 N–H and O–H groups in total. The summed E-state index contributed by atoms with van der Waals surface area (Å²) in [6.07, 6.45) is 2.27. The zero-order valence-corrected chi connectivity index (χ0v) is 4.79. The van der Waals surface area contributed by atoms with Crippen LogP contribution < -0.4 is 11.1 Å². The summed E-state index contributed by atoms with van der Waals surface area (Å²) < 4.78 is 0. The van der Waals surface area contributed by atoms with Gasteiger partial charge in [-0.25, -0.2) is 0 Å². The summed E-state index contributed by atoms with van der Waals surface area (Å²) in [5, 5.41) is 10.6. The Morgan fingerprint density at radius 2 is 2.33 bits per heavy atom. The van der Waals surface area contributed by atoms with E-state index < -0.39 is 5.91 Å². The van der Waals surface area contributed by atoms with Gasteiger partial charge in [-0.3, -0.25) is 4.79 Å². The number of nitrogens with one attached hydrogen (secondary N) is 1. The molecule has 0 saturated carbocycles. The zero-order chi connectivity index (χ0) is 7.28. The lowest BCUT2D eigenvalue weighted by atomic mass is 10.6. The van der Waals surface area contributed by atoms with Crippen molar-refractivity contribution in [2.75, 3.05) is 0 Å². The number of rotatable bonds is 3. The number of nitrogens with two attached hydrogens (primary N) is 1. The first-order valence-electron chi connectivity index (χ1n) is 2.23. The molecule has 0 radical (unpaired) electrons. The maximum absolute atomic E-state index is 9.96. The molecule has 0 bridgehead atoms. The van der Waals surface area contributed by atoms with Crippen LogP contribution in [0.25, 0.3) is 0 Å². The van der Waals surface area contributed by atoms with E-state index in [0.717, 1.165) is 6.08 Å². The third-order valence-electron chi connectivity index (χ3n) is 0.498. The second kappa shape index (κ2) is 3.54. The predicted octanol–water partition coefficient (Wildman–Crippen LogP) is -0.396. The van der Waals surface area contributed by atoms with E-state index in [1.54, 1.807) is 0 Å². The van der Waals surface area contributed by atoms with E-state index in [1.807, 2.05) is 0 Å². The van der Waals surface area contributed by atoms with Crippen LogP contribution in [0.2, 0.25) is 0 Å². The standard InChI is InChI=1S/C5H8N2O2/c1-4(8)7-3-2-5(6)9/h2-3,7-8H,1H2,(H2,6,9). The van der Waals surface area contributed by atoms with Crippen molar-refractivity contribution in [3.63, 3.8) is 0 Å². The summed E-state index contributed by atoms with van der Waals surface area (Å²) in [5.41, 5.74) is 4.70. The van der Waals surface area contributed by atoms with Crippen molar-refractivity contribution in [1.82, 2.24) is 5.32 Å². The Balaban J connectivity index is 3.48. The van der Waals surface area contributed by atoms with Crippen LogP contribution in [0.4, 0.5) is 0 Å². The number of aliphatic hydroxyl groups excluding tert-OH is 1. The van der Waals surface area contributed by atoms with Gasteiger partial charge in [0.25, 0.3) is 0 Å². The van der Waals surface area contributed by atoms with Crippen molar-refractivity contribution >= 4 is 5.91 Å². The molecular formula is C5H8N2O2. The summed E-state index contributed by atoms with van der Waals surface area (Å²) in [7, 11) is 0. The number of carbonyl (C=O) groups excluding carboxylic acids is 1. The highest BCUT2D eigenvalue weighted by atomic mass is 16.3. The van der Waals surface area contributed by atoms with E-state index in [2.05, 4.69) is 11.9 Å². The molecule has 50 valence electrons. The fraction of sp³-hybridized carbons (Fsp3) is 0. The van der Waals surface area contributed by atoms with Crippen LogP contribution in [0.15, 0.2) is 24.7 Å². The zero-order valence-electron chi connectivity index (χ0n) is 4.79. The number of carbonyl (C=O) groups is 1. The van der Waals surface area contributed by atoms with E-state index in [-0.39, 0.29) is 5.88 Å². The quantitative estimate of drug-likeness (QED) is 0.357. The fourth-order valence-electron chi connectivity index (χ4n) is 0.220. The molecule has 0 aromatic rings. The number of amides is 1. The van der Waals surface area contributed by atoms with Crippen LogP contribution >= 0.6 is 0 Å². The third kappa shape index (κ3) is 6.55. The molecule has 0 fully saturated rings. The molecule has 9 heavy (non-hydrogen) atoms. The van der Waals surface area contributed by atoms with E-state index in [1.165, 1.54) is 6.20 Å². The molecule has 0 aliphatic rings. The smallest absolute Gasteiger partial charge is 0.242 e. The van der Waals surface area contributed by atoms with Gasteiger partial charge in [0.05, 0.1) is 0 Å². The van der Waals surface area contributed by atoms with E-state index in [9.17, 15) is 4.79 Å². The Morgan fingerprint density at radius 3 is 2.67 bits per heavy atom. The number of aliphatic hydroxyl groups is 1. The van der Waals surface area contributed by atoms with Gasteiger partial charge >= 0.3 is 0 Å². The van der Waals surface area contributed by atoms with Crippen molar-refractivity contribution in [3.8, 4) is 0 Å². The molecule has 0 aliphatic heterocycles. The topological polar surface area (TPSA) is 75.3 Å². The van der Waals surface area contributed by atoms with Gasteiger partial charge in [0.1, 0.15) is 0 Å². The van der Waals surface area contributed by atoms with Gasteiger partial charge in [-0.15, -0.1) is 0 Å². The van der Waals surface area contributed by atoms with Crippen molar-refractivity contribution < 1.29 is 9.90 Å². The van der Waals surface area contributed by atoms with Crippen LogP contribution in [0.5, 0.6) is 0 Å². The minimum Gasteiger partial charge on any atom is -0.495 e. The van der Waals surface area contributed by atoms with Crippen molar-refractivity contribution in [1.29, 1.82) is 0 Å². The normalized spacial score (nSPS) is 9.33. The molecule has 0 saturated heterocycles. The largest absolute Gasteiger partial charge is 0.495 e. The van der Waals surface area contributed by atoms with E-state index >= 15 is 0 Å². The number of primary amides is 1. The molecule has 1 amide bonds. The number of hydrogen-bond acceptors (Lipinski definition) is 3. The molecular weight excluding hydrogens is 120 g/mol. The maximum Gasteiger partial charge on any atom is 0.242 e. The van der Waals surface area contributed by atoms with E-state index in [0.29, 0.717) is 0 Å². The highest BCUT2D eigenvalue weighted by Crippen LogP contribution is 1.72. The molecule has 0 aromatic heterocycles. The second-order valence-corrected chi connectivity index (χ2v) is 1.33. The third-order valence-corrected chi connectivity index (χ3v) is 0.498. The molecule has 0 rings (SSSR count). The van der Waals surface area contributed by atoms with Crippen LogP contribution in [-0.4, -0.2) is 11.0 Å². The lowest BCUT2D eigenvalue weighted by Crippen LogP contribution is -2.09. The van der Waals surface area contributed by atoms with Gasteiger partial charge in [-0.2, -0.15) is 0 Å². The van der Waals surface area contributed by atoms with Crippen molar-refractivity contribution in [2.24, 2.45) is 5.73 Å². The Hall–Kier alpha value is -1.45. The van der Waals surface area contributed by atoms with Gasteiger partial charge in [0.2, 0.25) is 5.91 Å². The molecule has 0 aromatic carbocycles. The fourth-order valence-corrected chi connectivity index (χ4v) is 0.220. The van der Waals surface area contributed by atoms with Crippen LogP contribution in [0, 0.1) is 0 Å². The van der Waals surface area contributed by atoms with Gasteiger partial charge in [-0.05, 0) is 6.58 Å². The van der Waals surface area contributed by atoms with Crippen molar-refractivity contribution in [3.05, 3.63) is 24.7 Å². The summed E-state index contributed by atoms with van der Waals surface area (Å²) >= 11 is 0. The highest BCUT2D eigenvalue weighted by Gasteiger charge is 1.80. The van der Waals surface area contributed by atoms with Crippen molar-refractivity contribution in [2.45, 2.75) is 0 Å². The monoisotopic (exact) mass is 128 g/mol. The Morgan fingerprint density at radius 1 is 1.78 bits per heavy atom. The summed E-state index contributed by atoms with van der Waals surface area (Å²) in [6.45, 7) is 3.09. The molecule has 0 heterocycles. The average Bonchev–Trinajstić information content (AvgIpc) is 1.63. The summed E-state index contributed by atoms with van der Waals surface area (Å²) in [4.78, 5) is 9.96. The van der Waals surface area contributed by atoms with Gasteiger partial charge < -0.3 is 16.2 Å². The lowest BCUT2D eigenvalue weighted by molar-refractivity contribution is -0.113. The SMILES string of the molecule is C=C(O)NC=CC(N)=O. The van der Waals surface area contributed by atoms with Gasteiger partial charge in [0.15, 0.2) is 5.88 Å². The summed E-state index contributed by atoms with van der Waals surface area (Å²) in [5.74, 6) is -0.809. The Bertz CT molecular complexity index is 151. The van der Waals surface area contributed by atoms with E-state index in [4.69, 9.17) is 10.8 Å². The summed E-state index contributed by atoms with van der Waals surface area (Å²) in [6, 6.07) is 0. The minimum absolute atomic E-state index is 0.229. The van der Waals surface area contributed by atoms with Crippen LogP contribution in [0.3, 0.4) is 0 Å².